The molecular weight excluding hydrogens is 481 g/mol. The number of carbonyl (C=O) groups is 1. The zero-order valence-electron chi connectivity index (χ0n) is 21.0. The van der Waals surface area contributed by atoms with Gasteiger partial charge in [-0.3, -0.25) is 14.9 Å². The standard InChI is InChI=1S/C25H24BF2N6O3/c1-13-9-32-21(11-30-13)34-18-6-17(16(8-26-3)14(2)29)31-10-15(18)12-33(25(34)35)24-22(27)19(36-4)7-20(37-5)23(24)28/h6-11,29H,12H2,1-5H3/b16-8+,29-14?. The highest BCUT2D eigenvalue weighted by Gasteiger charge is 2.38. The number of halogens is 2. The lowest BCUT2D eigenvalue weighted by molar-refractivity contribution is 0.251. The number of anilines is 3. The van der Waals surface area contributed by atoms with Crippen molar-refractivity contribution in [2.75, 3.05) is 24.0 Å². The highest BCUT2D eigenvalue weighted by molar-refractivity contribution is 6.45. The van der Waals surface area contributed by atoms with Crippen molar-refractivity contribution in [1.29, 1.82) is 5.41 Å². The number of allylic oxidation sites excluding steroid dienone is 1. The van der Waals surface area contributed by atoms with Gasteiger partial charge in [0.2, 0.25) is 0 Å². The van der Waals surface area contributed by atoms with Crippen LogP contribution in [0.25, 0.3) is 5.57 Å². The fourth-order valence-electron chi connectivity index (χ4n) is 3.99. The Kier molecular flexibility index (Phi) is 7.19. The van der Waals surface area contributed by atoms with E-state index in [1.54, 1.807) is 33.2 Å². The summed E-state index contributed by atoms with van der Waals surface area (Å²) >= 11 is 0. The van der Waals surface area contributed by atoms with Gasteiger partial charge in [-0.2, -0.15) is 0 Å². The number of nitrogens with zero attached hydrogens (tertiary/aromatic N) is 5. The first-order valence-electron chi connectivity index (χ1n) is 11.3. The van der Waals surface area contributed by atoms with Gasteiger partial charge in [-0.05, 0) is 19.9 Å². The number of hydrogen-bond donors (Lipinski definition) is 1. The summed E-state index contributed by atoms with van der Waals surface area (Å²) in [7, 11) is 4.25. The van der Waals surface area contributed by atoms with Crippen LogP contribution in [-0.2, 0) is 6.54 Å². The van der Waals surface area contributed by atoms with Crippen LogP contribution in [0.4, 0.5) is 30.8 Å². The zero-order chi connectivity index (χ0) is 26.9. The molecule has 1 aliphatic rings. The van der Waals surface area contributed by atoms with E-state index in [-0.39, 0.29) is 29.6 Å². The van der Waals surface area contributed by atoms with Crippen LogP contribution in [0.1, 0.15) is 23.9 Å². The third kappa shape index (κ3) is 4.62. The summed E-state index contributed by atoms with van der Waals surface area (Å²) in [5.41, 5.74) is 2.19. The Balaban J connectivity index is 1.95. The van der Waals surface area contributed by atoms with Gasteiger partial charge >= 0.3 is 6.03 Å². The molecular formula is C25H24BF2N6O3. The molecule has 1 aliphatic heterocycles. The Hall–Kier alpha value is -4.35. The van der Waals surface area contributed by atoms with Gasteiger partial charge in [0.15, 0.2) is 29.0 Å². The molecule has 3 aromatic rings. The summed E-state index contributed by atoms with van der Waals surface area (Å²) < 4.78 is 40.9. The van der Waals surface area contributed by atoms with Gasteiger partial charge in [-0.25, -0.2) is 23.5 Å². The zero-order valence-corrected chi connectivity index (χ0v) is 21.0. The lowest BCUT2D eigenvalue weighted by Gasteiger charge is -2.36. The number of benzene rings is 1. The van der Waals surface area contributed by atoms with E-state index >= 15 is 8.78 Å². The maximum absolute atomic E-state index is 15.4. The second kappa shape index (κ2) is 10.3. The molecule has 1 N–H and O–H groups in total. The summed E-state index contributed by atoms with van der Waals surface area (Å²) in [5, 5.41) is 8.13. The number of hydrogen-bond acceptors (Lipinski definition) is 7. The predicted octanol–water partition coefficient (Wildman–Crippen LogP) is 4.89. The maximum Gasteiger partial charge on any atom is 0.335 e. The largest absolute Gasteiger partial charge is 0.493 e. The van der Waals surface area contributed by atoms with Gasteiger partial charge in [-0.15, -0.1) is 5.98 Å². The molecule has 12 heteroatoms. The van der Waals surface area contributed by atoms with Crippen molar-refractivity contribution in [2.45, 2.75) is 27.2 Å². The van der Waals surface area contributed by atoms with Crippen LogP contribution in [-0.4, -0.2) is 48.2 Å². The second-order valence-electron chi connectivity index (χ2n) is 8.21. The molecule has 3 heterocycles. The molecule has 0 bridgehead atoms. The number of ether oxygens (including phenoxy) is 2. The average molecular weight is 505 g/mol. The molecule has 189 valence electrons. The maximum atomic E-state index is 15.4. The van der Waals surface area contributed by atoms with Crippen molar-refractivity contribution in [2.24, 2.45) is 0 Å². The molecule has 9 nitrogen and oxygen atoms in total. The summed E-state index contributed by atoms with van der Waals surface area (Å²) in [6.07, 6.45) is 4.40. The first-order chi connectivity index (χ1) is 17.7. The van der Waals surface area contributed by atoms with Gasteiger partial charge in [0.1, 0.15) is 13.0 Å². The number of pyridine rings is 1. The monoisotopic (exact) mass is 505 g/mol. The van der Waals surface area contributed by atoms with E-state index < -0.39 is 23.4 Å². The van der Waals surface area contributed by atoms with E-state index in [9.17, 15) is 4.79 Å². The van der Waals surface area contributed by atoms with E-state index in [0.717, 1.165) is 11.0 Å². The third-order valence-corrected chi connectivity index (χ3v) is 5.78. The molecule has 0 atom stereocenters. The Morgan fingerprint density at radius 3 is 2.30 bits per heavy atom. The number of carbonyl (C=O) groups excluding carboxylic acids is 1. The third-order valence-electron chi connectivity index (χ3n) is 5.78. The van der Waals surface area contributed by atoms with E-state index in [1.807, 2.05) is 6.82 Å². The first kappa shape index (κ1) is 25.7. The van der Waals surface area contributed by atoms with E-state index in [2.05, 4.69) is 15.0 Å². The van der Waals surface area contributed by atoms with E-state index in [0.29, 0.717) is 28.2 Å². The Morgan fingerprint density at radius 2 is 1.76 bits per heavy atom. The lowest BCUT2D eigenvalue weighted by Crippen LogP contribution is -2.46. The molecule has 1 aromatic carbocycles. The van der Waals surface area contributed by atoms with Gasteiger partial charge < -0.3 is 14.9 Å². The minimum absolute atomic E-state index is 0.147. The number of nitrogens with one attached hydrogen (secondary N) is 1. The first-order valence-corrected chi connectivity index (χ1v) is 11.3. The summed E-state index contributed by atoms with van der Waals surface area (Å²) in [6.45, 7) is 5.01. The Bertz CT molecular complexity index is 1390. The van der Waals surface area contributed by atoms with Crippen LogP contribution >= 0.6 is 0 Å². The molecule has 0 fully saturated rings. The molecule has 1 radical (unpaired) electrons. The molecule has 0 spiro atoms. The summed E-state index contributed by atoms with van der Waals surface area (Å²) in [6, 6.07) is 1.96. The fourth-order valence-corrected chi connectivity index (χ4v) is 3.99. The smallest absolute Gasteiger partial charge is 0.335 e. The predicted molar refractivity (Wildman–Crippen MR) is 137 cm³/mol. The van der Waals surface area contributed by atoms with E-state index in [4.69, 9.17) is 14.9 Å². The Morgan fingerprint density at radius 1 is 1.08 bits per heavy atom. The van der Waals surface area contributed by atoms with Crippen LogP contribution in [0.5, 0.6) is 11.5 Å². The van der Waals surface area contributed by atoms with Gasteiger partial charge in [0, 0.05) is 29.1 Å². The van der Waals surface area contributed by atoms with E-state index in [1.165, 1.54) is 37.7 Å². The molecule has 37 heavy (non-hydrogen) atoms. The van der Waals surface area contributed by atoms with Crippen molar-refractivity contribution in [3.05, 3.63) is 65.3 Å². The summed E-state index contributed by atoms with van der Waals surface area (Å²) in [4.78, 5) is 29.1. The molecule has 0 aliphatic carbocycles. The Labute approximate surface area is 213 Å². The molecule has 0 unspecified atom stereocenters. The molecule has 0 saturated carbocycles. The van der Waals surface area contributed by atoms with Gasteiger partial charge in [0.05, 0.1) is 50.2 Å². The minimum atomic E-state index is -1.06. The second-order valence-corrected chi connectivity index (χ2v) is 8.21. The lowest BCUT2D eigenvalue weighted by atomic mass is 9.79. The highest BCUT2D eigenvalue weighted by atomic mass is 19.1. The number of rotatable bonds is 7. The van der Waals surface area contributed by atoms with Crippen LogP contribution in [0.3, 0.4) is 0 Å². The number of amides is 2. The number of aryl methyl sites for hydroxylation is 1. The summed E-state index contributed by atoms with van der Waals surface area (Å²) in [5.74, 6) is -0.783. The topological polar surface area (TPSA) is 105 Å². The average Bonchev–Trinajstić information content (AvgIpc) is 2.88. The van der Waals surface area contributed by atoms with Crippen molar-refractivity contribution in [1.82, 2.24) is 15.0 Å². The normalized spacial score (nSPS) is 13.4. The van der Waals surface area contributed by atoms with Gasteiger partial charge in [-0.1, -0.05) is 6.82 Å². The van der Waals surface area contributed by atoms with Crippen LogP contribution in [0.2, 0.25) is 6.82 Å². The highest BCUT2D eigenvalue weighted by Crippen LogP contribution is 2.42. The SMILES string of the molecule is C[B]/C=C(\C(C)=N)c1cc2c(cn1)CN(c1c(F)c(OC)cc(OC)c1F)C(=O)N2c1cnc(C)cn1. The fraction of sp³-hybridized carbons (Fsp3) is 0.240. The molecule has 4 rings (SSSR count). The van der Waals surface area contributed by atoms with Crippen LogP contribution < -0.4 is 19.3 Å². The van der Waals surface area contributed by atoms with Crippen molar-refractivity contribution in [3.8, 4) is 11.5 Å². The number of urea groups is 1. The van der Waals surface area contributed by atoms with Crippen molar-refractivity contribution >= 4 is 41.8 Å². The van der Waals surface area contributed by atoms with Crippen LogP contribution in [0, 0.1) is 24.0 Å². The number of aromatic nitrogens is 3. The number of fused-ring (bicyclic) bond motifs is 1. The molecule has 2 aromatic heterocycles. The van der Waals surface area contributed by atoms with Gasteiger partial charge in [0.25, 0.3) is 0 Å². The molecule has 2 amide bonds. The minimum Gasteiger partial charge on any atom is -0.493 e. The van der Waals surface area contributed by atoms with Crippen molar-refractivity contribution < 1.29 is 23.0 Å². The van der Waals surface area contributed by atoms with Crippen LogP contribution in [0.15, 0.2) is 36.7 Å². The van der Waals surface area contributed by atoms with Crippen molar-refractivity contribution in [3.63, 3.8) is 0 Å². The quantitative estimate of drug-likeness (QED) is 0.362. The molecule has 0 saturated heterocycles. The number of methoxy groups -OCH3 is 2.